The Morgan fingerprint density at radius 3 is 1.94 bits per heavy atom. The molecule has 0 aromatic heterocycles. The number of hydrogen-bond donors (Lipinski definition) is 3. The molecule has 0 saturated carbocycles. The van der Waals surface area contributed by atoms with E-state index < -0.39 is 17.5 Å². The maximum atomic E-state index is 13.0. The number of carbonyl (C=O) groups excluding carboxylic acids is 1. The van der Waals surface area contributed by atoms with E-state index in [1.807, 2.05) is 0 Å². The number of benzene rings is 3. The van der Waals surface area contributed by atoms with E-state index in [0.29, 0.717) is 0 Å². The zero-order chi connectivity index (χ0) is 23.1. The van der Waals surface area contributed by atoms with Gasteiger partial charge in [0, 0.05) is 5.56 Å². The van der Waals surface area contributed by atoms with Gasteiger partial charge < -0.3 is 24.8 Å². The van der Waals surface area contributed by atoms with Crippen LogP contribution in [0.4, 0.5) is 0 Å². The number of esters is 1. The number of phenols is 2. The third-order valence-electron chi connectivity index (χ3n) is 5.37. The molecule has 0 saturated heterocycles. The first-order chi connectivity index (χ1) is 15.1. The topological polar surface area (TPSA) is 113 Å². The number of halogens is 4. The van der Waals surface area contributed by atoms with Crippen LogP contribution in [0.15, 0.2) is 48.2 Å². The van der Waals surface area contributed by atoms with Gasteiger partial charge in [0.1, 0.15) is 20.4 Å². The Kier molecular flexibility index (Phi) is 4.90. The fraction of sp³-hybridized carbons (Fsp3) is 0.0476. The van der Waals surface area contributed by atoms with Crippen LogP contribution < -0.4 is 4.74 Å². The van der Waals surface area contributed by atoms with Crippen molar-refractivity contribution < 1.29 is 34.4 Å². The normalized spacial score (nSPS) is 14.9. The first kappa shape index (κ1) is 21.7. The quantitative estimate of drug-likeness (QED) is 0.253. The van der Waals surface area contributed by atoms with Crippen molar-refractivity contribution in [2.24, 2.45) is 0 Å². The predicted molar refractivity (Wildman–Crippen MR) is 126 cm³/mol. The molecule has 32 heavy (non-hydrogen) atoms. The Hall–Kier alpha value is -2.08. The summed E-state index contributed by atoms with van der Waals surface area (Å²) in [5.74, 6) is -2.11. The van der Waals surface area contributed by atoms with Gasteiger partial charge in [-0.1, -0.05) is 6.07 Å². The average Bonchev–Trinajstić information content (AvgIpc) is 3.06. The minimum Gasteiger partial charge on any atom is -0.505 e. The summed E-state index contributed by atoms with van der Waals surface area (Å²) in [5, 5.41) is 30.8. The molecular weight excluding hydrogens is 684 g/mol. The van der Waals surface area contributed by atoms with Crippen LogP contribution in [-0.4, -0.2) is 27.3 Å². The molecule has 0 amide bonds. The van der Waals surface area contributed by atoms with Crippen LogP contribution >= 0.6 is 63.7 Å². The van der Waals surface area contributed by atoms with Crippen LogP contribution in [0.25, 0.3) is 0 Å². The van der Waals surface area contributed by atoms with Crippen LogP contribution in [0, 0.1) is 0 Å². The molecule has 0 radical (unpaired) electrons. The lowest BCUT2D eigenvalue weighted by Gasteiger charge is -2.38. The van der Waals surface area contributed by atoms with E-state index in [1.54, 1.807) is 0 Å². The molecule has 3 aromatic carbocycles. The minimum atomic E-state index is -1.73. The zero-order valence-corrected chi connectivity index (χ0v) is 21.7. The Morgan fingerprint density at radius 1 is 0.906 bits per heavy atom. The number of carboxylic acid groups (broad SMARTS) is 1. The van der Waals surface area contributed by atoms with Gasteiger partial charge in [0.2, 0.25) is 0 Å². The highest BCUT2D eigenvalue weighted by Crippen LogP contribution is 2.63. The van der Waals surface area contributed by atoms with E-state index in [2.05, 4.69) is 63.7 Å². The maximum absolute atomic E-state index is 13.0. The molecule has 11 heteroatoms. The van der Waals surface area contributed by atoms with Gasteiger partial charge in [-0.2, -0.15) is 0 Å². The van der Waals surface area contributed by atoms with E-state index in [1.165, 1.54) is 30.3 Å². The second-order valence-electron chi connectivity index (χ2n) is 7.00. The molecule has 0 bridgehead atoms. The van der Waals surface area contributed by atoms with Gasteiger partial charge >= 0.3 is 11.9 Å². The number of hydrogen-bond acceptors (Lipinski definition) is 6. The summed E-state index contributed by atoms with van der Waals surface area (Å²) in [5.41, 5.74) is -1.09. The zero-order valence-electron chi connectivity index (χ0n) is 15.4. The second kappa shape index (κ2) is 7.21. The van der Waals surface area contributed by atoms with Crippen molar-refractivity contribution in [1.29, 1.82) is 0 Å². The lowest BCUT2D eigenvalue weighted by molar-refractivity contribution is 0.0217. The van der Waals surface area contributed by atoms with E-state index in [4.69, 9.17) is 9.47 Å². The molecule has 0 fully saturated rings. The molecule has 3 aromatic rings. The van der Waals surface area contributed by atoms with Gasteiger partial charge in [-0.25, -0.2) is 9.59 Å². The molecular formula is C21H8Br4O7. The highest BCUT2D eigenvalue weighted by Gasteiger charge is 2.57. The van der Waals surface area contributed by atoms with Crippen molar-refractivity contribution in [2.75, 3.05) is 0 Å². The number of rotatable bonds is 1. The summed E-state index contributed by atoms with van der Waals surface area (Å²) in [6.07, 6.45) is 0. The molecule has 2 aliphatic rings. The molecule has 7 nitrogen and oxygen atoms in total. The van der Waals surface area contributed by atoms with Gasteiger partial charge in [0.15, 0.2) is 17.1 Å². The van der Waals surface area contributed by atoms with Crippen LogP contribution in [-0.2, 0) is 10.3 Å². The predicted octanol–water partition coefficient (Wildman–Crippen LogP) is 6.41. The first-order valence-corrected chi connectivity index (χ1v) is 12.0. The van der Waals surface area contributed by atoms with Crippen LogP contribution in [0.1, 0.15) is 37.4 Å². The third kappa shape index (κ3) is 2.68. The molecule has 162 valence electrons. The second-order valence-corrected chi connectivity index (χ2v) is 10.3. The Labute approximate surface area is 213 Å². The number of phenolic OH excluding ortho intramolecular Hbond substituents is 2. The summed E-state index contributed by atoms with van der Waals surface area (Å²) in [7, 11) is 0. The number of aromatic hydroxyl groups is 2. The van der Waals surface area contributed by atoms with Crippen LogP contribution in [0.2, 0.25) is 0 Å². The van der Waals surface area contributed by atoms with Gasteiger partial charge in [-0.15, -0.1) is 0 Å². The fourth-order valence-electron chi connectivity index (χ4n) is 4.06. The first-order valence-electron chi connectivity index (χ1n) is 8.80. The number of carbonyl (C=O) groups is 2. The molecule has 2 heterocycles. The molecule has 3 N–H and O–H groups in total. The summed E-state index contributed by atoms with van der Waals surface area (Å²) >= 11 is 13.2. The molecule has 0 atom stereocenters. The standard InChI is InChI=1S/C21H8Br4O7/c22-10-4-8-17(13(24)15(10)26)31-18-9(5-11(23)16(27)14(18)25)21(8)12-6(19(28)29)2-1-3-7(12)20(30)32-21/h1-5,26-27H,(H,28,29). The molecule has 1 spiro atoms. The number of carboxylic acids is 1. The highest BCUT2D eigenvalue weighted by molar-refractivity contribution is 9.11. The number of ether oxygens (including phenoxy) is 2. The Balaban J connectivity index is 2.03. The average molecular weight is 692 g/mol. The van der Waals surface area contributed by atoms with E-state index in [9.17, 15) is 24.9 Å². The maximum Gasteiger partial charge on any atom is 0.340 e. The monoisotopic (exact) mass is 688 g/mol. The van der Waals surface area contributed by atoms with E-state index in [-0.39, 0.29) is 68.7 Å². The van der Waals surface area contributed by atoms with Crippen molar-refractivity contribution in [1.82, 2.24) is 0 Å². The number of aromatic carboxylic acids is 1. The molecule has 2 aliphatic heterocycles. The minimum absolute atomic E-state index is 0.0874. The highest BCUT2D eigenvalue weighted by atomic mass is 79.9. The van der Waals surface area contributed by atoms with Crippen molar-refractivity contribution in [3.05, 3.63) is 76.0 Å². The SMILES string of the molecule is O=C(O)c1cccc2c1C1(OC2=O)c2cc(Br)c(O)c(Br)c2Oc2c1cc(Br)c(O)c2Br. The summed E-state index contributed by atoms with van der Waals surface area (Å²) < 4.78 is 12.9. The van der Waals surface area contributed by atoms with Crippen molar-refractivity contribution in [2.45, 2.75) is 5.60 Å². The number of fused-ring (bicyclic) bond motifs is 6. The van der Waals surface area contributed by atoms with E-state index >= 15 is 0 Å². The molecule has 0 unspecified atom stereocenters. The lowest BCUT2D eigenvalue weighted by atomic mass is 9.75. The Morgan fingerprint density at radius 2 is 1.44 bits per heavy atom. The largest absolute Gasteiger partial charge is 0.505 e. The van der Waals surface area contributed by atoms with Gasteiger partial charge in [-0.05, 0) is 88.0 Å². The Bertz CT molecular complexity index is 1340. The van der Waals surface area contributed by atoms with Gasteiger partial charge in [-0.3, -0.25) is 0 Å². The summed E-state index contributed by atoms with van der Waals surface area (Å²) in [4.78, 5) is 25.2. The molecule has 0 aliphatic carbocycles. The van der Waals surface area contributed by atoms with Crippen LogP contribution in [0.3, 0.4) is 0 Å². The smallest absolute Gasteiger partial charge is 0.340 e. The van der Waals surface area contributed by atoms with Gasteiger partial charge in [0.05, 0.1) is 31.2 Å². The summed E-state index contributed by atoms with van der Waals surface area (Å²) in [6, 6.07) is 7.36. The third-order valence-corrected chi connectivity index (χ3v) is 8.05. The lowest BCUT2D eigenvalue weighted by Crippen LogP contribution is -2.34. The van der Waals surface area contributed by atoms with Crippen LogP contribution in [0.5, 0.6) is 23.0 Å². The van der Waals surface area contributed by atoms with Gasteiger partial charge in [0.25, 0.3) is 0 Å². The van der Waals surface area contributed by atoms with Crippen molar-refractivity contribution in [3.8, 4) is 23.0 Å². The fourth-order valence-corrected chi connectivity index (χ4v) is 6.46. The van der Waals surface area contributed by atoms with Crippen molar-refractivity contribution in [3.63, 3.8) is 0 Å². The van der Waals surface area contributed by atoms with E-state index in [0.717, 1.165) is 0 Å². The molecule has 5 rings (SSSR count). The summed E-state index contributed by atoms with van der Waals surface area (Å²) in [6.45, 7) is 0. The van der Waals surface area contributed by atoms with Crippen molar-refractivity contribution >= 4 is 75.7 Å².